The summed E-state index contributed by atoms with van der Waals surface area (Å²) in [5, 5.41) is 22.8. The van der Waals surface area contributed by atoms with Gasteiger partial charge in [-0.15, -0.1) is 0 Å². The number of hydrogen-bond acceptors (Lipinski definition) is 3. The van der Waals surface area contributed by atoms with Crippen molar-refractivity contribution in [3.63, 3.8) is 0 Å². The van der Waals surface area contributed by atoms with Crippen molar-refractivity contribution in [2.45, 2.75) is 19.6 Å². The fourth-order valence-corrected chi connectivity index (χ4v) is 2.23. The first kappa shape index (κ1) is 9.42. The summed E-state index contributed by atoms with van der Waals surface area (Å²) in [6.07, 6.45) is 3.70. The van der Waals surface area contributed by atoms with Gasteiger partial charge in [-0.2, -0.15) is 5.10 Å². The molecule has 0 fully saturated rings. The smallest absolute Gasteiger partial charge is 0.136 e. The number of benzene rings is 1. The van der Waals surface area contributed by atoms with Crippen LogP contribution in [-0.4, -0.2) is 20.0 Å². The summed E-state index contributed by atoms with van der Waals surface area (Å²) in [5.74, 6) is 0.295. The van der Waals surface area contributed by atoms with Crippen molar-refractivity contribution < 1.29 is 10.2 Å². The topological polar surface area (TPSA) is 58.3 Å². The monoisotopic (exact) mass is 216 g/mol. The van der Waals surface area contributed by atoms with Crippen molar-refractivity contribution in [3.8, 4) is 17.0 Å². The van der Waals surface area contributed by atoms with E-state index in [1.165, 1.54) is 4.68 Å². The minimum absolute atomic E-state index is 0.0968. The highest BCUT2D eigenvalue weighted by molar-refractivity contribution is 5.70. The fourth-order valence-electron chi connectivity index (χ4n) is 2.23. The van der Waals surface area contributed by atoms with Crippen LogP contribution in [0.5, 0.6) is 5.75 Å². The Morgan fingerprint density at radius 3 is 2.88 bits per heavy atom. The zero-order chi connectivity index (χ0) is 11.1. The molecule has 1 aromatic heterocycles. The zero-order valence-electron chi connectivity index (χ0n) is 8.72. The van der Waals surface area contributed by atoms with Crippen molar-refractivity contribution in [2.75, 3.05) is 0 Å². The molecule has 3 rings (SSSR count). The molecule has 0 atom stereocenters. The van der Waals surface area contributed by atoms with Crippen LogP contribution in [0.1, 0.15) is 11.1 Å². The summed E-state index contributed by atoms with van der Waals surface area (Å²) in [5.41, 5.74) is 4.27. The molecule has 0 saturated carbocycles. The molecule has 1 aliphatic rings. The molecule has 2 N–H and O–H groups in total. The number of hydrogen-bond donors (Lipinski definition) is 2. The Labute approximate surface area is 92.8 Å². The normalized spacial score (nSPS) is 13.3. The van der Waals surface area contributed by atoms with Gasteiger partial charge in [-0.1, -0.05) is 0 Å². The van der Waals surface area contributed by atoms with Gasteiger partial charge in [0.1, 0.15) is 12.5 Å². The summed E-state index contributed by atoms with van der Waals surface area (Å²) < 4.78 is 1.53. The third-order valence-electron chi connectivity index (χ3n) is 2.99. The fraction of sp³-hybridized carbons (Fsp3) is 0.250. The van der Waals surface area contributed by atoms with Crippen LogP contribution in [0.25, 0.3) is 11.3 Å². The second-order valence-corrected chi connectivity index (χ2v) is 4.03. The molecule has 1 aromatic carbocycles. The number of aliphatic hydroxyl groups is 1. The Morgan fingerprint density at radius 1 is 1.25 bits per heavy atom. The lowest BCUT2D eigenvalue weighted by Crippen LogP contribution is -2.02. The molecule has 0 saturated heterocycles. The number of aromatic nitrogens is 2. The van der Waals surface area contributed by atoms with E-state index in [1.54, 1.807) is 12.1 Å². The van der Waals surface area contributed by atoms with Gasteiger partial charge in [0.25, 0.3) is 0 Å². The maximum absolute atomic E-state index is 9.42. The van der Waals surface area contributed by atoms with E-state index in [0.29, 0.717) is 5.75 Å². The Balaban J connectivity index is 2.18. The van der Waals surface area contributed by atoms with E-state index < -0.39 is 0 Å². The molecule has 0 aliphatic heterocycles. The third kappa shape index (κ3) is 1.31. The quantitative estimate of drug-likeness (QED) is 0.755. The Hall–Kier alpha value is -1.81. The van der Waals surface area contributed by atoms with Crippen molar-refractivity contribution in [3.05, 3.63) is 35.5 Å². The van der Waals surface area contributed by atoms with Gasteiger partial charge < -0.3 is 10.2 Å². The van der Waals surface area contributed by atoms with Gasteiger partial charge in [0, 0.05) is 11.8 Å². The second kappa shape index (κ2) is 3.35. The van der Waals surface area contributed by atoms with Crippen LogP contribution < -0.4 is 0 Å². The van der Waals surface area contributed by atoms with Crippen LogP contribution in [0, 0.1) is 0 Å². The Bertz CT molecular complexity index is 546. The van der Waals surface area contributed by atoms with Crippen LogP contribution in [0.3, 0.4) is 0 Å². The van der Waals surface area contributed by atoms with Crippen molar-refractivity contribution >= 4 is 0 Å². The van der Waals surface area contributed by atoms with E-state index in [4.69, 9.17) is 5.11 Å². The average molecular weight is 216 g/mol. The van der Waals surface area contributed by atoms with Crippen LogP contribution in [-0.2, 0) is 19.6 Å². The van der Waals surface area contributed by atoms with Crippen LogP contribution in [0.4, 0.5) is 0 Å². The van der Waals surface area contributed by atoms with Gasteiger partial charge in [-0.3, -0.25) is 0 Å². The molecular formula is C12H12N2O2. The number of aromatic hydroxyl groups is 1. The van der Waals surface area contributed by atoms with Crippen LogP contribution >= 0.6 is 0 Å². The number of phenolic OH excluding ortho intramolecular Hbond substituents is 1. The Morgan fingerprint density at radius 2 is 2.06 bits per heavy atom. The van der Waals surface area contributed by atoms with Gasteiger partial charge in [0.2, 0.25) is 0 Å². The van der Waals surface area contributed by atoms with Crippen molar-refractivity contribution in [1.82, 2.24) is 9.78 Å². The summed E-state index contributed by atoms with van der Waals surface area (Å²) in [4.78, 5) is 0. The maximum atomic E-state index is 9.42. The number of aryl methyl sites for hydroxylation is 2. The molecule has 0 radical (unpaired) electrons. The molecule has 1 heterocycles. The summed E-state index contributed by atoms with van der Waals surface area (Å²) >= 11 is 0. The van der Waals surface area contributed by atoms with E-state index in [0.717, 1.165) is 35.2 Å². The van der Waals surface area contributed by atoms with E-state index in [1.807, 2.05) is 12.3 Å². The van der Waals surface area contributed by atoms with E-state index in [-0.39, 0.29) is 6.73 Å². The summed E-state index contributed by atoms with van der Waals surface area (Å²) in [7, 11) is 0. The number of rotatable bonds is 1. The van der Waals surface area contributed by atoms with Gasteiger partial charge >= 0.3 is 0 Å². The lowest BCUT2D eigenvalue weighted by atomic mass is 9.90. The average Bonchev–Trinajstić information content (AvgIpc) is 2.71. The first-order chi connectivity index (χ1) is 7.78. The summed E-state index contributed by atoms with van der Waals surface area (Å²) in [6.45, 7) is -0.0968. The van der Waals surface area contributed by atoms with Gasteiger partial charge in [-0.05, 0) is 42.2 Å². The number of aliphatic hydroxyl groups excluding tert-OH is 1. The predicted molar refractivity (Wildman–Crippen MR) is 59.0 cm³/mol. The van der Waals surface area contributed by atoms with Crippen molar-refractivity contribution in [2.24, 2.45) is 0 Å². The second-order valence-electron chi connectivity index (χ2n) is 4.03. The predicted octanol–water partition coefficient (Wildman–Crippen LogP) is 1.30. The van der Waals surface area contributed by atoms with E-state index in [9.17, 15) is 5.11 Å². The van der Waals surface area contributed by atoms with Crippen molar-refractivity contribution in [1.29, 1.82) is 0 Å². The third-order valence-corrected chi connectivity index (χ3v) is 2.99. The van der Waals surface area contributed by atoms with Gasteiger partial charge in [0.15, 0.2) is 0 Å². The molecular weight excluding hydrogens is 204 g/mol. The van der Waals surface area contributed by atoms with Crippen LogP contribution in [0.15, 0.2) is 24.4 Å². The zero-order valence-corrected chi connectivity index (χ0v) is 8.72. The molecule has 0 unspecified atom stereocenters. The number of phenols is 1. The lowest BCUT2D eigenvalue weighted by Gasteiger charge is -2.14. The molecule has 0 bridgehead atoms. The molecule has 0 spiro atoms. The van der Waals surface area contributed by atoms with Crippen LogP contribution in [0.2, 0.25) is 0 Å². The SMILES string of the molecule is OCn1cc2c(n1)-c1ccc(O)cc1CC2. The van der Waals surface area contributed by atoms with Gasteiger partial charge in [-0.25, -0.2) is 4.68 Å². The largest absolute Gasteiger partial charge is 0.508 e. The molecule has 0 amide bonds. The lowest BCUT2D eigenvalue weighted by molar-refractivity contribution is 0.195. The van der Waals surface area contributed by atoms with E-state index in [2.05, 4.69) is 5.10 Å². The standard InChI is InChI=1S/C12H12N2O2/c15-7-14-6-9-2-1-8-5-10(16)3-4-11(8)12(9)13-14/h3-6,15-16H,1-2,7H2. The summed E-state index contributed by atoms with van der Waals surface area (Å²) in [6, 6.07) is 5.35. The Kier molecular flexibility index (Phi) is 1.97. The highest BCUT2D eigenvalue weighted by atomic mass is 16.3. The molecule has 16 heavy (non-hydrogen) atoms. The number of nitrogens with zero attached hydrogens (tertiary/aromatic N) is 2. The number of fused-ring (bicyclic) bond motifs is 3. The highest BCUT2D eigenvalue weighted by Gasteiger charge is 2.19. The first-order valence-corrected chi connectivity index (χ1v) is 5.27. The molecule has 4 heteroatoms. The first-order valence-electron chi connectivity index (χ1n) is 5.27. The van der Waals surface area contributed by atoms with E-state index >= 15 is 0 Å². The van der Waals surface area contributed by atoms with Gasteiger partial charge in [0.05, 0.1) is 5.69 Å². The molecule has 1 aliphatic carbocycles. The highest BCUT2D eigenvalue weighted by Crippen LogP contribution is 2.33. The minimum atomic E-state index is -0.0968. The molecule has 82 valence electrons. The molecule has 4 nitrogen and oxygen atoms in total. The minimum Gasteiger partial charge on any atom is -0.508 e. The maximum Gasteiger partial charge on any atom is 0.136 e. The molecule has 2 aromatic rings.